The first-order valence-electron chi connectivity index (χ1n) is 8.04. The molecule has 1 aliphatic carbocycles. The number of carbonyl (C=O) groups excluding carboxylic acids is 1. The summed E-state index contributed by atoms with van der Waals surface area (Å²) in [5.41, 5.74) is 0.930. The van der Waals surface area contributed by atoms with Crippen LogP contribution in [0.25, 0.3) is 0 Å². The van der Waals surface area contributed by atoms with Crippen LogP contribution in [0.2, 0.25) is 0 Å². The number of anilines is 1. The van der Waals surface area contributed by atoms with Gasteiger partial charge in [-0.1, -0.05) is 6.07 Å². The van der Waals surface area contributed by atoms with Crippen molar-refractivity contribution in [1.29, 1.82) is 0 Å². The van der Waals surface area contributed by atoms with Gasteiger partial charge in [-0.05, 0) is 69.7 Å². The number of hydrogen-bond acceptors (Lipinski definition) is 4. The maximum Gasteiger partial charge on any atom is 0.274 e. The molecule has 1 saturated carbocycles. The number of nitrogens with one attached hydrogen (secondary N) is 1. The molecule has 1 aromatic heterocycles. The Labute approximate surface area is 163 Å². The summed E-state index contributed by atoms with van der Waals surface area (Å²) >= 11 is 6.87. The molecule has 2 aromatic rings. The molecule has 0 aliphatic heterocycles. The number of hydrogen-bond donors (Lipinski definition) is 1. The van der Waals surface area contributed by atoms with Crippen molar-refractivity contribution in [2.24, 2.45) is 0 Å². The van der Waals surface area contributed by atoms with Crippen LogP contribution in [0.1, 0.15) is 36.2 Å². The van der Waals surface area contributed by atoms with Crippen molar-refractivity contribution >= 4 is 43.5 Å². The molecule has 1 amide bonds. The van der Waals surface area contributed by atoms with E-state index in [4.69, 9.17) is 9.47 Å². The molecule has 1 N–H and O–H groups in total. The van der Waals surface area contributed by atoms with Crippen LogP contribution in [0.15, 0.2) is 39.4 Å². The van der Waals surface area contributed by atoms with Gasteiger partial charge in [-0.3, -0.25) is 4.79 Å². The maximum absolute atomic E-state index is 12.6. The molecule has 132 valence electrons. The van der Waals surface area contributed by atoms with E-state index in [1.54, 1.807) is 13.2 Å². The van der Waals surface area contributed by atoms with Crippen LogP contribution in [0.5, 0.6) is 11.5 Å². The summed E-state index contributed by atoms with van der Waals surface area (Å²) in [4.78, 5) is 16.8. The number of para-hydroxylation sites is 1. The lowest BCUT2D eigenvalue weighted by Gasteiger charge is -2.16. The number of methoxy groups -OCH3 is 1. The predicted molar refractivity (Wildman–Crippen MR) is 103 cm³/mol. The lowest BCUT2D eigenvalue weighted by Crippen LogP contribution is -2.16. The van der Waals surface area contributed by atoms with Crippen molar-refractivity contribution in [2.75, 3.05) is 12.4 Å². The van der Waals surface area contributed by atoms with Crippen LogP contribution >= 0.6 is 31.9 Å². The van der Waals surface area contributed by atoms with E-state index in [9.17, 15) is 4.79 Å². The largest absolute Gasteiger partial charge is 0.491 e. The molecule has 0 spiro atoms. The Morgan fingerprint density at radius 2 is 1.88 bits per heavy atom. The number of amides is 1. The number of ether oxygens (including phenoxy) is 2. The number of nitrogens with zero attached hydrogens (tertiary/aromatic N) is 1. The van der Waals surface area contributed by atoms with E-state index >= 15 is 0 Å². The fraction of sp³-hybridized carbons (Fsp3) is 0.333. The first kappa shape index (κ1) is 18.2. The summed E-state index contributed by atoms with van der Waals surface area (Å²) in [6.45, 7) is 0. The minimum atomic E-state index is -0.313. The zero-order valence-electron chi connectivity index (χ0n) is 13.7. The van der Waals surface area contributed by atoms with Crippen molar-refractivity contribution in [2.45, 2.75) is 31.8 Å². The van der Waals surface area contributed by atoms with E-state index in [2.05, 4.69) is 42.2 Å². The summed E-state index contributed by atoms with van der Waals surface area (Å²) in [5.74, 6) is 0.776. The van der Waals surface area contributed by atoms with Crippen molar-refractivity contribution in [1.82, 2.24) is 4.98 Å². The molecule has 0 atom stereocenters. The lowest BCUT2D eigenvalue weighted by atomic mass is 10.2. The van der Waals surface area contributed by atoms with Gasteiger partial charge in [-0.15, -0.1) is 0 Å². The Morgan fingerprint density at radius 1 is 1.20 bits per heavy atom. The minimum absolute atomic E-state index is 0.171. The van der Waals surface area contributed by atoms with Crippen LogP contribution in [-0.2, 0) is 0 Å². The highest BCUT2D eigenvalue weighted by Gasteiger charge is 2.20. The Kier molecular flexibility index (Phi) is 5.96. The molecule has 5 nitrogen and oxygen atoms in total. The summed E-state index contributed by atoms with van der Waals surface area (Å²) in [6.07, 6.45) is 6.08. The van der Waals surface area contributed by atoms with E-state index in [-0.39, 0.29) is 17.7 Å². The molecule has 25 heavy (non-hydrogen) atoms. The Hall–Kier alpha value is -1.60. The Bertz CT molecular complexity index is 757. The number of rotatable bonds is 5. The molecule has 1 aromatic carbocycles. The summed E-state index contributed by atoms with van der Waals surface area (Å²) in [5, 5.41) is 2.86. The highest BCUT2D eigenvalue weighted by atomic mass is 79.9. The number of halogens is 2. The van der Waals surface area contributed by atoms with E-state index < -0.39 is 0 Å². The SMILES string of the molecule is COc1cnc(C(=O)Nc2c(Br)cccc2Br)cc1OC1CCCC1. The highest BCUT2D eigenvalue weighted by molar-refractivity contribution is 9.11. The average Bonchev–Trinajstić information content (AvgIpc) is 3.11. The van der Waals surface area contributed by atoms with Crippen LogP contribution in [0.3, 0.4) is 0 Å². The van der Waals surface area contributed by atoms with Crippen molar-refractivity contribution in [3.63, 3.8) is 0 Å². The molecule has 0 saturated heterocycles. The molecule has 0 bridgehead atoms. The number of carbonyl (C=O) groups is 1. The van der Waals surface area contributed by atoms with Gasteiger partial charge in [0, 0.05) is 15.0 Å². The molecule has 1 fully saturated rings. The Balaban J connectivity index is 1.82. The average molecular weight is 470 g/mol. The second kappa shape index (κ2) is 8.19. The van der Waals surface area contributed by atoms with Gasteiger partial charge >= 0.3 is 0 Å². The second-order valence-electron chi connectivity index (χ2n) is 5.80. The van der Waals surface area contributed by atoms with Crippen LogP contribution in [-0.4, -0.2) is 24.1 Å². The molecular formula is C18H18Br2N2O3. The van der Waals surface area contributed by atoms with E-state index in [0.29, 0.717) is 17.2 Å². The standard InChI is InChI=1S/C18H18Br2N2O3/c1-24-16-10-21-14(9-15(16)25-11-5-2-3-6-11)18(23)22-17-12(19)7-4-8-13(17)20/h4,7-11H,2-3,5-6H2,1H3,(H,22,23). The van der Waals surface area contributed by atoms with Crippen molar-refractivity contribution in [3.8, 4) is 11.5 Å². The quantitative estimate of drug-likeness (QED) is 0.654. The molecule has 7 heteroatoms. The lowest BCUT2D eigenvalue weighted by molar-refractivity contribution is 0.102. The summed E-state index contributed by atoms with van der Waals surface area (Å²) < 4.78 is 12.9. The fourth-order valence-electron chi connectivity index (χ4n) is 2.77. The zero-order chi connectivity index (χ0) is 17.8. The minimum Gasteiger partial charge on any atom is -0.491 e. The van der Waals surface area contributed by atoms with E-state index in [1.807, 2.05) is 18.2 Å². The molecule has 0 radical (unpaired) electrons. The van der Waals surface area contributed by atoms with Crippen LogP contribution < -0.4 is 14.8 Å². The molecule has 1 heterocycles. The Morgan fingerprint density at radius 3 is 2.52 bits per heavy atom. The fourth-order valence-corrected chi connectivity index (χ4v) is 3.97. The number of pyridine rings is 1. The highest BCUT2D eigenvalue weighted by Crippen LogP contribution is 2.33. The van der Waals surface area contributed by atoms with Crippen LogP contribution in [0.4, 0.5) is 5.69 Å². The normalized spacial score (nSPS) is 14.4. The third-order valence-corrected chi connectivity index (χ3v) is 5.40. The maximum atomic E-state index is 12.6. The van der Waals surface area contributed by atoms with Gasteiger partial charge in [-0.25, -0.2) is 4.98 Å². The third kappa shape index (κ3) is 4.33. The van der Waals surface area contributed by atoms with Crippen LogP contribution in [0, 0.1) is 0 Å². The smallest absolute Gasteiger partial charge is 0.274 e. The van der Waals surface area contributed by atoms with Gasteiger partial charge in [0.2, 0.25) is 0 Å². The molecular weight excluding hydrogens is 452 g/mol. The van der Waals surface area contributed by atoms with Gasteiger partial charge in [0.15, 0.2) is 11.5 Å². The summed E-state index contributed by atoms with van der Waals surface area (Å²) in [7, 11) is 1.57. The molecule has 0 unspecified atom stereocenters. The van der Waals surface area contributed by atoms with Gasteiger partial charge in [0.1, 0.15) is 5.69 Å². The monoisotopic (exact) mass is 468 g/mol. The first-order chi connectivity index (χ1) is 12.1. The van der Waals surface area contributed by atoms with Gasteiger partial charge in [-0.2, -0.15) is 0 Å². The third-order valence-electron chi connectivity index (χ3n) is 4.08. The predicted octanol–water partition coefficient (Wildman–Crippen LogP) is 5.19. The number of benzene rings is 1. The van der Waals surface area contributed by atoms with E-state index in [1.165, 1.54) is 19.0 Å². The van der Waals surface area contributed by atoms with Gasteiger partial charge < -0.3 is 14.8 Å². The topological polar surface area (TPSA) is 60.5 Å². The van der Waals surface area contributed by atoms with Gasteiger partial charge in [0.05, 0.1) is 25.1 Å². The molecule has 1 aliphatic rings. The summed E-state index contributed by atoms with van der Waals surface area (Å²) in [6, 6.07) is 7.23. The van der Waals surface area contributed by atoms with Gasteiger partial charge in [0.25, 0.3) is 5.91 Å². The van der Waals surface area contributed by atoms with Crippen molar-refractivity contribution in [3.05, 3.63) is 45.1 Å². The zero-order valence-corrected chi connectivity index (χ0v) is 16.9. The first-order valence-corrected chi connectivity index (χ1v) is 9.63. The molecule has 3 rings (SSSR count). The van der Waals surface area contributed by atoms with Crippen molar-refractivity contribution < 1.29 is 14.3 Å². The van der Waals surface area contributed by atoms with E-state index in [0.717, 1.165) is 21.8 Å². The number of aromatic nitrogens is 1. The second-order valence-corrected chi connectivity index (χ2v) is 7.50.